The predicted octanol–water partition coefficient (Wildman–Crippen LogP) is 1.58. The molecule has 0 aliphatic carbocycles. The monoisotopic (exact) mass is 241 g/mol. The summed E-state index contributed by atoms with van der Waals surface area (Å²) in [6.45, 7) is 2.29. The number of hydrogen-bond donors (Lipinski definition) is 0. The fourth-order valence-corrected chi connectivity index (χ4v) is 1.85. The highest BCUT2D eigenvalue weighted by Crippen LogP contribution is 2.22. The maximum Gasteiger partial charge on any atom is 0.340 e. The van der Waals surface area contributed by atoms with Crippen LogP contribution in [-0.4, -0.2) is 37.2 Å². The molecule has 0 aromatic rings. The van der Waals surface area contributed by atoms with Gasteiger partial charge in [0, 0.05) is 5.33 Å². The van der Waals surface area contributed by atoms with E-state index in [1.54, 1.807) is 6.66 Å². The van der Waals surface area contributed by atoms with Crippen LogP contribution in [0.4, 0.5) is 0 Å². The van der Waals surface area contributed by atoms with Crippen molar-refractivity contribution >= 4 is 23.7 Å². The molecule has 0 amide bonds. The van der Waals surface area contributed by atoms with E-state index in [0.29, 0.717) is 12.8 Å². The van der Waals surface area contributed by atoms with Crippen LogP contribution < -0.4 is 0 Å². The zero-order valence-electron chi connectivity index (χ0n) is 6.33. The molecule has 5 heteroatoms. The molecule has 1 fully saturated rings. The van der Waals surface area contributed by atoms with Gasteiger partial charge in [-0.25, -0.2) is 0 Å². The molecule has 0 saturated carbocycles. The second-order valence-electron chi connectivity index (χ2n) is 2.49. The second kappa shape index (κ2) is 4.51. The van der Waals surface area contributed by atoms with Gasteiger partial charge in [-0.3, -0.25) is 0 Å². The SMILES string of the molecule is C[P+](=O)CC1OCC(CBr)O1. The van der Waals surface area contributed by atoms with Gasteiger partial charge in [-0.15, -0.1) is 0 Å². The number of alkyl halides is 1. The van der Waals surface area contributed by atoms with Crippen LogP contribution >= 0.6 is 23.7 Å². The van der Waals surface area contributed by atoms with Crippen molar-refractivity contribution in [3.8, 4) is 0 Å². The van der Waals surface area contributed by atoms with Crippen molar-refractivity contribution in [1.82, 2.24) is 0 Å². The fraction of sp³-hybridized carbons (Fsp3) is 1.00. The highest BCUT2D eigenvalue weighted by atomic mass is 79.9. The number of rotatable bonds is 3. The van der Waals surface area contributed by atoms with E-state index in [1.807, 2.05) is 0 Å². The summed E-state index contributed by atoms with van der Waals surface area (Å²) in [5.41, 5.74) is 0. The third kappa shape index (κ3) is 3.16. The van der Waals surface area contributed by atoms with Crippen molar-refractivity contribution in [2.45, 2.75) is 12.4 Å². The van der Waals surface area contributed by atoms with Gasteiger partial charge in [0.15, 0.2) is 6.16 Å². The first-order valence-electron chi connectivity index (χ1n) is 3.43. The van der Waals surface area contributed by atoms with Crippen LogP contribution in [0.5, 0.6) is 0 Å². The summed E-state index contributed by atoms with van der Waals surface area (Å²) in [7, 11) is -1.15. The van der Waals surface area contributed by atoms with Crippen molar-refractivity contribution in [2.24, 2.45) is 0 Å². The molecular weight excluding hydrogens is 231 g/mol. The van der Waals surface area contributed by atoms with E-state index < -0.39 is 7.80 Å². The first-order chi connectivity index (χ1) is 5.22. The van der Waals surface area contributed by atoms with Crippen molar-refractivity contribution < 1.29 is 14.0 Å². The van der Waals surface area contributed by atoms with Gasteiger partial charge in [0.1, 0.15) is 6.66 Å². The first-order valence-corrected chi connectivity index (χ1v) is 6.45. The van der Waals surface area contributed by atoms with Gasteiger partial charge >= 0.3 is 7.80 Å². The number of halogens is 1. The Morgan fingerprint density at radius 1 is 1.73 bits per heavy atom. The molecular formula is C6H11BrO3P+. The molecule has 0 aromatic heterocycles. The van der Waals surface area contributed by atoms with Crippen molar-refractivity contribution in [3.63, 3.8) is 0 Å². The topological polar surface area (TPSA) is 35.5 Å². The largest absolute Gasteiger partial charge is 0.346 e. The lowest BCUT2D eigenvalue weighted by Crippen LogP contribution is -2.14. The summed E-state index contributed by atoms with van der Waals surface area (Å²) < 4.78 is 21.4. The minimum Gasteiger partial charge on any atom is -0.346 e. The summed E-state index contributed by atoms with van der Waals surface area (Å²) in [4.78, 5) is 0. The second-order valence-corrected chi connectivity index (χ2v) is 4.75. The Morgan fingerprint density at radius 3 is 2.91 bits per heavy atom. The van der Waals surface area contributed by atoms with E-state index in [0.717, 1.165) is 5.33 Å². The molecule has 11 heavy (non-hydrogen) atoms. The Bertz CT molecular complexity index is 153. The van der Waals surface area contributed by atoms with Gasteiger partial charge in [0.2, 0.25) is 6.29 Å². The average molecular weight is 242 g/mol. The molecule has 3 unspecified atom stereocenters. The molecule has 3 nitrogen and oxygen atoms in total. The molecule has 0 spiro atoms. The molecule has 1 aliphatic rings. The van der Waals surface area contributed by atoms with Gasteiger partial charge in [-0.2, -0.15) is 0 Å². The van der Waals surface area contributed by atoms with Crippen LogP contribution in [0.1, 0.15) is 0 Å². The van der Waals surface area contributed by atoms with Crippen LogP contribution in [0, 0.1) is 0 Å². The molecule has 0 bridgehead atoms. The minimum absolute atomic E-state index is 0.134. The minimum atomic E-state index is -1.15. The van der Waals surface area contributed by atoms with E-state index in [4.69, 9.17) is 9.47 Å². The molecule has 0 aromatic carbocycles. The van der Waals surface area contributed by atoms with E-state index >= 15 is 0 Å². The first kappa shape index (κ1) is 9.59. The van der Waals surface area contributed by atoms with E-state index in [9.17, 15) is 4.57 Å². The standard InChI is InChI=1S/C6H11BrO3P/c1-11(8)4-6-9-3-5(2-7)10-6/h5-6H,2-4H2,1H3/q+1. The van der Waals surface area contributed by atoms with Gasteiger partial charge < -0.3 is 9.47 Å². The van der Waals surface area contributed by atoms with Crippen LogP contribution in [0.3, 0.4) is 0 Å². The third-order valence-corrected chi connectivity index (χ3v) is 2.93. The quantitative estimate of drug-likeness (QED) is 0.556. The number of ether oxygens (including phenoxy) is 2. The lowest BCUT2D eigenvalue weighted by Gasteiger charge is -2.02. The van der Waals surface area contributed by atoms with Crippen LogP contribution in [0.2, 0.25) is 0 Å². The van der Waals surface area contributed by atoms with Crippen LogP contribution in [-0.2, 0) is 14.0 Å². The molecule has 1 aliphatic heterocycles. The van der Waals surface area contributed by atoms with Gasteiger partial charge in [-0.05, 0) is 0 Å². The van der Waals surface area contributed by atoms with E-state index in [-0.39, 0.29) is 12.4 Å². The van der Waals surface area contributed by atoms with E-state index in [1.165, 1.54) is 0 Å². The average Bonchev–Trinajstić information content (AvgIpc) is 2.34. The summed E-state index contributed by atoms with van der Waals surface area (Å²) in [6.07, 6.45) is 0.403. The smallest absolute Gasteiger partial charge is 0.340 e. The Kier molecular flexibility index (Phi) is 3.93. The normalized spacial score (nSPS) is 32.4. The maximum absolute atomic E-state index is 10.8. The molecule has 64 valence electrons. The van der Waals surface area contributed by atoms with Crippen LogP contribution in [0.25, 0.3) is 0 Å². The van der Waals surface area contributed by atoms with Crippen molar-refractivity contribution in [3.05, 3.63) is 0 Å². The van der Waals surface area contributed by atoms with Crippen molar-refractivity contribution in [1.29, 1.82) is 0 Å². The summed E-state index contributed by atoms with van der Waals surface area (Å²) in [5, 5.41) is 0.782. The summed E-state index contributed by atoms with van der Waals surface area (Å²) in [5.74, 6) is 0. The lowest BCUT2D eigenvalue weighted by atomic mass is 10.5. The molecule has 0 radical (unpaired) electrons. The third-order valence-electron chi connectivity index (χ3n) is 1.39. The molecule has 1 rings (SSSR count). The molecule has 3 atom stereocenters. The Hall–Kier alpha value is 0.500. The molecule has 1 heterocycles. The highest BCUT2D eigenvalue weighted by molar-refractivity contribution is 9.09. The molecule has 0 N–H and O–H groups in total. The Morgan fingerprint density at radius 2 is 2.45 bits per heavy atom. The van der Waals surface area contributed by atoms with Gasteiger partial charge in [-0.1, -0.05) is 20.5 Å². The predicted molar refractivity (Wildman–Crippen MR) is 46.8 cm³/mol. The van der Waals surface area contributed by atoms with E-state index in [2.05, 4.69) is 15.9 Å². The lowest BCUT2D eigenvalue weighted by molar-refractivity contribution is -0.0352. The molecule has 1 saturated heterocycles. The highest BCUT2D eigenvalue weighted by Gasteiger charge is 2.29. The maximum atomic E-state index is 10.8. The van der Waals surface area contributed by atoms with Gasteiger partial charge in [0.25, 0.3) is 0 Å². The van der Waals surface area contributed by atoms with Crippen LogP contribution in [0.15, 0.2) is 0 Å². The Balaban J connectivity index is 2.24. The zero-order valence-corrected chi connectivity index (χ0v) is 8.81. The summed E-state index contributed by atoms with van der Waals surface area (Å²) >= 11 is 3.29. The van der Waals surface area contributed by atoms with Gasteiger partial charge in [0.05, 0.1) is 12.7 Å². The summed E-state index contributed by atoms with van der Waals surface area (Å²) in [6, 6.07) is 0. The van der Waals surface area contributed by atoms with Crippen molar-refractivity contribution in [2.75, 3.05) is 24.8 Å². The number of hydrogen-bond acceptors (Lipinski definition) is 3. The fourth-order valence-electron chi connectivity index (χ4n) is 0.894. The zero-order chi connectivity index (χ0) is 8.27. The Labute approximate surface area is 75.4 Å².